The highest BCUT2D eigenvalue weighted by molar-refractivity contribution is 6.31. The van der Waals surface area contributed by atoms with Gasteiger partial charge in [-0.15, -0.1) is 0 Å². The predicted molar refractivity (Wildman–Crippen MR) is 87.4 cm³/mol. The number of hydrogen-bond donors (Lipinski definition) is 1. The largest absolute Gasteiger partial charge is 0.320 e. The number of imidazole rings is 1. The van der Waals surface area contributed by atoms with Crippen molar-refractivity contribution in [2.24, 2.45) is 0 Å². The maximum absolute atomic E-state index is 11.4. The van der Waals surface area contributed by atoms with Crippen LogP contribution in [0.4, 0.5) is 0 Å². The van der Waals surface area contributed by atoms with Crippen LogP contribution in [-0.4, -0.2) is 26.0 Å². The molecular weight excluding hydrogens is 300 g/mol. The van der Waals surface area contributed by atoms with E-state index in [-0.39, 0.29) is 5.15 Å². The van der Waals surface area contributed by atoms with E-state index < -0.39 is 0 Å². The number of carbonyl (C=O) groups is 1. The standard InChI is InChI=1S/C16H17ClN4O/c1-3-4-7-21-13(9-22)15(17)19-16(21)14-10(2)5-6-12-11(14)8-18-20-12/h5-6,8-9H,3-4,7H2,1-2H3,(H,18,20). The van der Waals surface area contributed by atoms with Gasteiger partial charge in [-0.25, -0.2) is 4.98 Å². The fourth-order valence-corrected chi connectivity index (χ4v) is 2.93. The third-order valence-corrected chi connectivity index (χ3v) is 4.14. The number of fused-ring (bicyclic) bond motifs is 1. The number of hydrogen-bond acceptors (Lipinski definition) is 3. The zero-order valence-corrected chi connectivity index (χ0v) is 13.3. The first-order valence-corrected chi connectivity index (χ1v) is 7.69. The SMILES string of the molecule is CCCCn1c(-c2c(C)ccc3[nH]ncc23)nc(Cl)c1C=O. The van der Waals surface area contributed by atoms with Crippen molar-refractivity contribution in [3.05, 3.63) is 34.7 Å². The lowest BCUT2D eigenvalue weighted by Gasteiger charge is -2.11. The summed E-state index contributed by atoms with van der Waals surface area (Å²) in [4.78, 5) is 15.8. The third kappa shape index (κ3) is 2.31. The van der Waals surface area contributed by atoms with E-state index >= 15 is 0 Å². The minimum atomic E-state index is 0.251. The van der Waals surface area contributed by atoms with Gasteiger partial charge in [0.1, 0.15) is 11.5 Å². The summed E-state index contributed by atoms with van der Waals surface area (Å²) in [6.45, 7) is 4.85. The maximum atomic E-state index is 11.4. The van der Waals surface area contributed by atoms with Gasteiger partial charge in [-0.3, -0.25) is 9.89 Å². The van der Waals surface area contributed by atoms with Gasteiger partial charge in [0.05, 0.1) is 11.7 Å². The van der Waals surface area contributed by atoms with E-state index in [0.717, 1.165) is 47.0 Å². The summed E-state index contributed by atoms with van der Waals surface area (Å²) < 4.78 is 1.91. The number of aromatic amines is 1. The molecule has 5 nitrogen and oxygen atoms in total. The van der Waals surface area contributed by atoms with Gasteiger partial charge >= 0.3 is 0 Å². The first-order chi connectivity index (χ1) is 10.7. The van der Waals surface area contributed by atoms with E-state index in [1.54, 1.807) is 6.20 Å². The molecule has 22 heavy (non-hydrogen) atoms. The Morgan fingerprint density at radius 2 is 2.23 bits per heavy atom. The lowest BCUT2D eigenvalue weighted by molar-refractivity contribution is 0.111. The van der Waals surface area contributed by atoms with Crippen LogP contribution in [0.1, 0.15) is 35.8 Å². The quantitative estimate of drug-likeness (QED) is 0.724. The summed E-state index contributed by atoms with van der Waals surface area (Å²) in [5, 5.41) is 8.30. The van der Waals surface area contributed by atoms with Gasteiger partial charge in [0.15, 0.2) is 11.4 Å². The van der Waals surface area contributed by atoms with Crippen molar-refractivity contribution in [2.45, 2.75) is 33.2 Å². The Morgan fingerprint density at radius 3 is 2.95 bits per heavy atom. The highest BCUT2D eigenvalue weighted by Gasteiger charge is 2.20. The van der Waals surface area contributed by atoms with E-state index in [1.165, 1.54) is 0 Å². The second kappa shape index (κ2) is 5.93. The Labute approximate surface area is 133 Å². The molecule has 0 aliphatic heterocycles. The Hall–Kier alpha value is -2.14. The fourth-order valence-electron chi connectivity index (χ4n) is 2.71. The topological polar surface area (TPSA) is 63.6 Å². The predicted octanol–water partition coefficient (Wildman–Crippen LogP) is 4.00. The monoisotopic (exact) mass is 316 g/mol. The minimum Gasteiger partial charge on any atom is -0.320 e. The molecule has 0 aliphatic rings. The third-order valence-electron chi connectivity index (χ3n) is 3.86. The maximum Gasteiger partial charge on any atom is 0.169 e. The molecule has 0 amide bonds. The summed E-state index contributed by atoms with van der Waals surface area (Å²) in [5.74, 6) is 0.727. The van der Waals surface area contributed by atoms with E-state index in [2.05, 4.69) is 22.1 Å². The highest BCUT2D eigenvalue weighted by atomic mass is 35.5. The fraction of sp³-hybridized carbons (Fsp3) is 0.312. The van der Waals surface area contributed by atoms with Crippen LogP contribution in [0.15, 0.2) is 18.3 Å². The second-order valence-electron chi connectivity index (χ2n) is 5.32. The summed E-state index contributed by atoms with van der Waals surface area (Å²) in [7, 11) is 0. The number of unbranched alkanes of at least 4 members (excludes halogenated alkanes) is 1. The molecule has 1 aromatic carbocycles. The number of aryl methyl sites for hydroxylation is 1. The Bertz CT molecular complexity index is 834. The van der Waals surface area contributed by atoms with E-state index in [0.29, 0.717) is 12.2 Å². The average molecular weight is 317 g/mol. The molecule has 2 heterocycles. The van der Waals surface area contributed by atoms with E-state index in [9.17, 15) is 4.79 Å². The zero-order chi connectivity index (χ0) is 15.7. The van der Waals surface area contributed by atoms with E-state index in [4.69, 9.17) is 11.6 Å². The Kier molecular flexibility index (Phi) is 3.98. The van der Waals surface area contributed by atoms with Crippen molar-refractivity contribution in [3.8, 4) is 11.4 Å². The summed E-state index contributed by atoms with van der Waals surface area (Å²) in [5.41, 5.74) is 3.42. The van der Waals surface area contributed by atoms with Gasteiger partial charge in [0.2, 0.25) is 0 Å². The van der Waals surface area contributed by atoms with Crippen LogP contribution >= 0.6 is 11.6 Å². The highest BCUT2D eigenvalue weighted by Crippen LogP contribution is 2.33. The van der Waals surface area contributed by atoms with Crippen LogP contribution in [0, 0.1) is 6.92 Å². The molecule has 3 rings (SSSR count). The molecule has 0 radical (unpaired) electrons. The Morgan fingerprint density at radius 1 is 1.41 bits per heavy atom. The molecule has 0 saturated heterocycles. The summed E-state index contributed by atoms with van der Waals surface area (Å²) in [6, 6.07) is 4.01. The normalized spacial score (nSPS) is 11.2. The van der Waals surface area contributed by atoms with Crippen molar-refractivity contribution in [3.63, 3.8) is 0 Å². The zero-order valence-electron chi connectivity index (χ0n) is 12.6. The molecule has 1 N–H and O–H groups in total. The van der Waals surface area contributed by atoms with Crippen molar-refractivity contribution in [1.82, 2.24) is 19.7 Å². The van der Waals surface area contributed by atoms with Gasteiger partial charge < -0.3 is 4.57 Å². The van der Waals surface area contributed by atoms with Crippen LogP contribution in [0.25, 0.3) is 22.3 Å². The lowest BCUT2D eigenvalue weighted by Crippen LogP contribution is -2.05. The van der Waals surface area contributed by atoms with Gasteiger partial charge in [-0.05, 0) is 25.0 Å². The minimum absolute atomic E-state index is 0.251. The van der Waals surface area contributed by atoms with Crippen molar-refractivity contribution >= 4 is 28.8 Å². The van der Waals surface area contributed by atoms with Crippen LogP contribution in [0.3, 0.4) is 0 Å². The molecule has 0 unspecified atom stereocenters. The second-order valence-corrected chi connectivity index (χ2v) is 5.68. The number of halogens is 1. The molecule has 3 aromatic rings. The lowest BCUT2D eigenvalue weighted by atomic mass is 10.0. The number of nitrogens with one attached hydrogen (secondary N) is 1. The van der Waals surface area contributed by atoms with Gasteiger partial charge in [-0.1, -0.05) is 31.0 Å². The smallest absolute Gasteiger partial charge is 0.169 e. The number of carbonyl (C=O) groups excluding carboxylic acids is 1. The first kappa shape index (κ1) is 14.8. The van der Waals surface area contributed by atoms with Gasteiger partial charge in [0, 0.05) is 17.5 Å². The number of H-pyrrole nitrogens is 1. The molecule has 0 fully saturated rings. The molecule has 6 heteroatoms. The van der Waals surface area contributed by atoms with Crippen LogP contribution in [-0.2, 0) is 6.54 Å². The molecule has 2 aromatic heterocycles. The van der Waals surface area contributed by atoms with Crippen molar-refractivity contribution in [1.29, 1.82) is 0 Å². The molecule has 0 saturated carbocycles. The molecule has 0 atom stereocenters. The molecule has 0 aliphatic carbocycles. The number of rotatable bonds is 5. The van der Waals surface area contributed by atoms with Crippen molar-refractivity contribution in [2.75, 3.05) is 0 Å². The number of benzene rings is 1. The molecular formula is C16H17ClN4O. The van der Waals surface area contributed by atoms with Crippen LogP contribution in [0.2, 0.25) is 5.15 Å². The van der Waals surface area contributed by atoms with Crippen LogP contribution in [0.5, 0.6) is 0 Å². The number of nitrogens with zero attached hydrogens (tertiary/aromatic N) is 3. The summed E-state index contributed by atoms with van der Waals surface area (Å²) in [6.07, 6.45) is 4.55. The van der Waals surface area contributed by atoms with Gasteiger partial charge in [-0.2, -0.15) is 5.10 Å². The molecule has 114 valence electrons. The first-order valence-electron chi connectivity index (χ1n) is 7.31. The molecule has 0 bridgehead atoms. The van der Waals surface area contributed by atoms with Gasteiger partial charge in [0.25, 0.3) is 0 Å². The van der Waals surface area contributed by atoms with Crippen molar-refractivity contribution < 1.29 is 4.79 Å². The summed E-state index contributed by atoms with van der Waals surface area (Å²) >= 11 is 6.17. The Balaban J connectivity index is 2.28. The molecule has 0 spiro atoms. The van der Waals surface area contributed by atoms with E-state index in [1.807, 2.05) is 23.6 Å². The average Bonchev–Trinajstić information content (AvgIpc) is 3.09. The number of aldehydes is 1. The number of aromatic nitrogens is 4. The van der Waals surface area contributed by atoms with Crippen LogP contribution < -0.4 is 0 Å².